The zero-order valence-electron chi connectivity index (χ0n) is 10.9. The van der Waals surface area contributed by atoms with Crippen molar-refractivity contribution in [2.75, 3.05) is 19.8 Å². The van der Waals surface area contributed by atoms with Crippen LogP contribution in [0.2, 0.25) is 0 Å². The van der Waals surface area contributed by atoms with Gasteiger partial charge in [-0.05, 0) is 31.1 Å². The van der Waals surface area contributed by atoms with Gasteiger partial charge in [-0.1, -0.05) is 32.1 Å². The van der Waals surface area contributed by atoms with E-state index < -0.39 is 0 Å². The molecule has 1 N–H and O–H groups in total. The van der Waals surface area contributed by atoms with Crippen molar-refractivity contribution in [1.82, 2.24) is 5.32 Å². The zero-order valence-corrected chi connectivity index (χ0v) is 10.9. The average molecular weight is 237 g/mol. The molecule has 1 rings (SSSR count). The van der Waals surface area contributed by atoms with Gasteiger partial charge in [0.05, 0.1) is 6.61 Å². The normalized spacial score (nSPS) is 22.9. The highest BCUT2D eigenvalue weighted by Gasteiger charge is 2.25. The molecule has 0 spiro atoms. The molecule has 0 saturated heterocycles. The largest absolute Gasteiger partial charge is 0.379 e. The Balaban J connectivity index is 2.03. The molecule has 96 valence electrons. The summed E-state index contributed by atoms with van der Waals surface area (Å²) in [5.41, 5.74) is 0. The predicted molar refractivity (Wildman–Crippen MR) is 68.4 cm³/mol. The Morgan fingerprint density at radius 1 is 1.41 bits per heavy atom. The topological polar surface area (TPSA) is 38.3 Å². The molecule has 1 aliphatic carbocycles. The first-order valence-corrected chi connectivity index (χ1v) is 6.56. The van der Waals surface area contributed by atoms with Crippen LogP contribution in [0.25, 0.3) is 0 Å². The van der Waals surface area contributed by atoms with Gasteiger partial charge in [0.15, 0.2) is 0 Å². The van der Waals surface area contributed by atoms with Crippen LogP contribution < -0.4 is 5.32 Å². The summed E-state index contributed by atoms with van der Waals surface area (Å²) in [6.45, 7) is 5.89. The number of carbonyl (C=O) groups excluding carboxylic acids is 1. The second-order valence-electron chi connectivity index (χ2n) is 4.57. The van der Waals surface area contributed by atoms with E-state index in [1.54, 1.807) is 6.92 Å². The summed E-state index contributed by atoms with van der Waals surface area (Å²) in [5, 5.41) is 2.70. The third kappa shape index (κ3) is 5.23. The summed E-state index contributed by atoms with van der Waals surface area (Å²) in [5.74, 6) is 6.35. The lowest BCUT2D eigenvalue weighted by Gasteiger charge is -2.17. The zero-order chi connectivity index (χ0) is 12.5. The minimum Gasteiger partial charge on any atom is -0.379 e. The molecule has 0 aromatic carbocycles. The number of hydrogen-bond acceptors (Lipinski definition) is 2. The quantitative estimate of drug-likeness (QED) is 0.566. The van der Waals surface area contributed by atoms with Crippen molar-refractivity contribution in [2.45, 2.75) is 39.5 Å². The molecule has 0 bridgehead atoms. The maximum Gasteiger partial charge on any atom is 0.295 e. The summed E-state index contributed by atoms with van der Waals surface area (Å²) in [7, 11) is 0. The van der Waals surface area contributed by atoms with E-state index in [0.29, 0.717) is 13.2 Å². The van der Waals surface area contributed by atoms with Crippen LogP contribution in [0.3, 0.4) is 0 Å². The molecule has 3 heteroatoms. The smallest absolute Gasteiger partial charge is 0.295 e. The second-order valence-corrected chi connectivity index (χ2v) is 4.57. The van der Waals surface area contributed by atoms with Crippen LogP contribution in [-0.4, -0.2) is 25.7 Å². The number of rotatable bonds is 6. The van der Waals surface area contributed by atoms with Crippen LogP contribution in [0, 0.1) is 23.7 Å². The summed E-state index contributed by atoms with van der Waals surface area (Å²) in [6, 6.07) is 0. The highest BCUT2D eigenvalue weighted by atomic mass is 16.5. The summed E-state index contributed by atoms with van der Waals surface area (Å²) >= 11 is 0. The predicted octanol–water partition coefficient (Wildman–Crippen LogP) is 1.97. The van der Waals surface area contributed by atoms with Crippen molar-refractivity contribution in [3.05, 3.63) is 0 Å². The van der Waals surface area contributed by atoms with E-state index in [2.05, 4.69) is 24.1 Å². The Kier molecular flexibility index (Phi) is 6.73. The molecule has 1 fully saturated rings. The lowest BCUT2D eigenvalue weighted by Crippen LogP contribution is -2.26. The molecular weight excluding hydrogens is 214 g/mol. The third-order valence-corrected chi connectivity index (χ3v) is 3.44. The van der Waals surface area contributed by atoms with Crippen molar-refractivity contribution in [3.63, 3.8) is 0 Å². The first-order valence-electron chi connectivity index (χ1n) is 6.56. The van der Waals surface area contributed by atoms with Gasteiger partial charge in [-0.15, -0.1) is 0 Å². The molecule has 2 unspecified atom stereocenters. The molecule has 0 radical (unpaired) electrons. The van der Waals surface area contributed by atoms with Crippen molar-refractivity contribution in [3.8, 4) is 11.8 Å². The average Bonchev–Trinajstić information content (AvgIpc) is 2.76. The van der Waals surface area contributed by atoms with Gasteiger partial charge in [-0.3, -0.25) is 4.79 Å². The van der Waals surface area contributed by atoms with E-state index in [9.17, 15) is 4.79 Å². The Labute approximate surface area is 104 Å². The van der Waals surface area contributed by atoms with Gasteiger partial charge in [0.2, 0.25) is 0 Å². The lowest BCUT2D eigenvalue weighted by atomic mass is 9.95. The molecule has 0 aromatic heterocycles. The van der Waals surface area contributed by atoms with Crippen LogP contribution in [0.5, 0.6) is 0 Å². The first-order chi connectivity index (χ1) is 8.27. The van der Waals surface area contributed by atoms with Crippen LogP contribution in [0.15, 0.2) is 0 Å². The number of amides is 1. The van der Waals surface area contributed by atoms with Crippen molar-refractivity contribution < 1.29 is 9.53 Å². The summed E-state index contributed by atoms with van der Waals surface area (Å²) in [6.07, 6.45) is 5.26. The van der Waals surface area contributed by atoms with Gasteiger partial charge in [0.1, 0.15) is 0 Å². The van der Waals surface area contributed by atoms with E-state index in [1.807, 2.05) is 0 Å². The Morgan fingerprint density at radius 2 is 2.18 bits per heavy atom. The highest BCUT2D eigenvalue weighted by Crippen LogP contribution is 2.33. The summed E-state index contributed by atoms with van der Waals surface area (Å²) in [4.78, 5) is 11.0. The van der Waals surface area contributed by atoms with Gasteiger partial charge in [-0.2, -0.15) is 0 Å². The van der Waals surface area contributed by atoms with Gasteiger partial charge in [-0.25, -0.2) is 0 Å². The first kappa shape index (κ1) is 14.1. The highest BCUT2D eigenvalue weighted by molar-refractivity contribution is 5.93. The fourth-order valence-electron chi connectivity index (χ4n) is 2.50. The van der Waals surface area contributed by atoms with E-state index in [1.165, 1.54) is 25.7 Å². The van der Waals surface area contributed by atoms with Crippen molar-refractivity contribution >= 4 is 5.91 Å². The molecule has 0 heterocycles. The molecule has 3 nitrogen and oxygen atoms in total. The Morgan fingerprint density at radius 3 is 2.88 bits per heavy atom. The molecule has 2 atom stereocenters. The fourth-order valence-corrected chi connectivity index (χ4v) is 2.50. The Hall–Kier alpha value is -1.01. The summed E-state index contributed by atoms with van der Waals surface area (Å²) < 4.78 is 5.62. The molecule has 0 aliphatic heterocycles. The molecule has 0 aromatic rings. The molecule has 17 heavy (non-hydrogen) atoms. The maximum absolute atomic E-state index is 11.0. The van der Waals surface area contributed by atoms with E-state index >= 15 is 0 Å². The van der Waals surface area contributed by atoms with Crippen molar-refractivity contribution in [2.24, 2.45) is 11.8 Å². The van der Waals surface area contributed by atoms with Crippen LogP contribution in [-0.2, 0) is 9.53 Å². The fraction of sp³-hybridized carbons (Fsp3) is 0.786. The number of nitrogens with one attached hydrogen (secondary N) is 1. The monoisotopic (exact) mass is 237 g/mol. The maximum atomic E-state index is 11.0. The van der Waals surface area contributed by atoms with Gasteiger partial charge in [0, 0.05) is 13.2 Å². The van der Waals surface area contributed by atoms with Crippen LogP contribution in [0.4, 0.5) is 0 Å². The minimum atomic E-state index is -0.219. The SMILES string of the molecule is CC#CC(=O)NCCOCC1CCCC1CC. The van der Waals surface area contributed by atoms with Gasteiger partial charge in [0.25, 0.3) is 5.91 Å². The van der Waals surface area contributed by atoms with Crippen LogP contribution in [0.1, 0.15) is 39.5 Å². The standard InChI is InChI=1S/C14H23NO2/c1-3-6-14(16)15-9-10-17-11-13-8-5-7-12(13)4-2/h12-13H,4-5,7-11H2,1-2H3,(H,15,16). The minimum absolute atomic E-state index is 0.219. The lowest BCUT2D eigenvalue weighted by molar-refractivity contribution is -0.115. The van der Waals surface area contributed by atoms with E-state index in [-0.39, 0.29) is 5.91 Å². The van der Waals surface area contributed by atoms with E-state index in [4.69, 9.17) is 4.74 Å². The third-order valence-electron chi connectivity index (χ3n) is 3.44. The number of hydrogen-bond donors (Lipinski definition) is 1. The van der Waals surface area contributed by atoms with Crippen molar-refractivity contribution in [1.29, 1.82) is 0 Å². The molecule has 1 saturated carbocycles. The molecule has 1 amide bonds. The molecular formula is C14H23NO2. The van der Waals surface area contributed by atoms with Gasteiger partial charge < -0.3 is 10.1 Å². The van der Waals surface area contributed by atoms with E-state index in [0.717, 1.165) is 18.4 Å². The van der Waals surface area contributed by atoms with Crippen LogP contribution >= 0.6 is 0 Å². The second kappa shape index (κ2) is 8.14. The Bertz CT molecular complexity index is 290. The number of ether oxygens (including phenoxy) is 1. The van der Waals surface area contributed by atoms with Gasteiger partial charge >= 0.3 is 0 Å². The number of carbonyl (C=O) groups is 1. The molecule has 1 aliphatic rings.